The number of amides is 1. The number of ether oxygens (including phenoxy) is 1. The van der Waals surface area contributed by atoms with Gasteiger partial charge in [-0.05, 0) is 68.1 Å². The molecule has 6 atom stereocenters. The maximum Gasteiger partial charge on any atom is 0.226 e. The SMILES string of the molecule is Cc1ccc([C@@H]2O[C@H](S(C)=O)[C@@H](O)[C@H](O)[C@H]2O)cc1Cc1ccc(CCCC(=O)CC(C)(C)C(=O)NCCN(C)C)cc1. The van der Waals surface area contributed by atoms with Crippen LogP contribution in [0.2, 0.25) is 0 Å². The molecule has 1 aliphatic rings. The van der Waals surface area contributed by atoms with Crippen molar-refractivity contribution in [3.8, 4) is 0 Å². The van der Waals surface area contributed by atoms with Gasteiger partial charge in [0.05, 0.1) is 16.2 Å². The van der Waals surface area contributed by atoms with Gasteiger partial charge in [0, 0.05) is 32.2 Å². The molecule has 1 heterocycles. The van der Waals surface area contributed by atoms with Crippen molar-refractivity contribution in [2.75, 3.05) is 33.4 Å². The van der Waals surface area contributed by atoms with Crippen LogP contribution in [0.5, 0.6) is 0 Å². The molecule has 9 nitrogen and oxygen atoms in total. The number of ketones is 1. The molecule has 3 rings (SSSR count). The van der Waals surface area contributed by atoms with Gasteiger partial charge in [0.2, 0.25) is 5.91 Å². The van der Waals surface area contributed by atoms with Gasteiger partial charge in [-0.1, -0.05) is 56.3 Å². The van der Waals surface area contributed by atoms with E-state index in [1.165, 1.54) is 6.26 Å². The highest BCUT2D eigenvalue weighted by atomic mass is 32.2. The van der Waals surface area contributed by atoms with E-state index in [1.807, 2.05) is 58.0 Å². The maximum absolute atomic E-state index is 12.6. The smallest absolute Gasteiger partial charge is 0.226 e. The number of hydrogen-bond acceptors (Lipinski definition) is 8. The summed E-state index contributed by atoms with van der Waals surface area (Å²) >= 11 is 0. The van der Waals surface area contributed by atoms with E-state index >= 15 is 0 Å². The second-order valence-corrected chi connectivity index (χ2v) is 14.0. The first-order chi connectivity index (χ1) is 20.2. The van der Waals surface area contributed by atoms with Crippen LogP contribution in [0.3, 0.4) is 0 Å². The van der Waals surface area contributed by atoms with Gasteiger partial charge in [-0.3, -0.25) is 13.8 Å². The van der Waals surface area contributed by atoms with Crippen LogP contribution in [-0.2, 0) is 38.0 Å². The summed E-state index contributed by atoms with van der Waals surface area (Å²) in [6.07, 6.45) is -1.01. The van der Waals surface area contributed by atoms with Gasteiger partial charge in [0.15, 0.2) is 5.44 Å². The van der Waals surface area contributed by atoms with Crippen molar-refractivity contribution >= 4 is 22.5 Å². The predicted octanol–water partition coefficient (Wildman–Crippen LogP) is 2.43. The molecule has 1 aliphatic heterocycles. The van der Waals surface area contributed by atoms with E-state index in [2.05, 4.69) is 29.6 Å². The number of nitrogens with zero attached hydrogens (tertiary/aromatic N) is 1. The van der Waals surface area contributed by atoms with Crippen molar-refractivity contribution in [2.24, 2.45) is 5.41 Å². The molecule has 1 saturated heterocycles. The van der Waals surface area contributed by atoms with Gasteiger partial charge in [-0.25, -0.2) is 0 Å². The fraction of sp³-hybridized carbons (Fsp3) is 0.576. The Bertz CT molecular complexity index is 1260. The van der Waals surface area contributed by atoms with Crippen LogP contribution in [0.25, 0.3) is 0 Å². The molecule has 2 aromatic carbocycles. The zero-order valence-electron chi connectivity index (χ0n) is 26.2. The summed E-state index contributed by atoms with van der Waals surface area (Å²) in [4.78, 5) is 27.1. The lowest BCUT2D eigenvalue weighted by Gasteiger charge is -2.40. The molecule has 1 fully saturated rings. The van der Waals surface area contributed by atoms with Crippen molar-refractivity contribution < 1.29 is 33.9 Å². The van der Waals surface area contributed by atoms with E-state index in [1.54, 1.807) is 0 Å². The first kappa shape index (κ1) is 35.0. The van der Waals surface area contributed by atoms with Crippen LogP contribution >= 0.6 is 0 Å². The van der Waals surface area contributed by atoms with E-state index < -0.39 is 46.1 Å². The Morgan fingerprint density at radius 2 is 1.65 bits per heavy atom. The second-order valence-electron chi connectivity index (χ2n) is 12.6. The van der Waals surface area contributed by atoms with Crippen LogP contribution < -0.4 is 5.32 Å². The number of likely N-dealkylation sites (N-methyl/N-ethyl adjacent to an activating group) is 1. The standard InChI is InChI=1S/C33H48N2O7S/c1-21-10-15-24(30-28(38)27(37)29(39)31(42-30)43(6)41)19-25(21)18-23-13-11-22(12-14-23)8-7-9-26(36)20-33(2,3)32(40)34-16-17-35(4)5/h10-15,19,27-31,37-39H,7-9,16-18,20H2,1-6H3,(H,34,40)/t27-,28-,29+,30+,31-,43?/m1/s1. The minimum atomic E-state index is -1.55. The number of hydrogen-bond donors (Lipinski definition) is 4. The van der Waals surface area contributed by atoms with Crippen LogP contribution in [0.4, 0.5) is 0 Å². The Morgan fingerprint density at radius 1 is 1.00 bits per heavy atom. The number of aliphatic hydroxyl groups is 3. The minimum absolute atomic E-state index is 0.0883. The average Bonchev–Trinajstić information content (AvgIpc) is 2.93. The van der Waals surface area contributed by atoms with Gasteiger partial charge in [0.1, 0.15) is 30.2 Å². The number of nitrogens with one attached hydrogen (secondary N) is 1. The number of Topliss-reactive ketones (excluding diaryl/α,β-unsaturated/α-hetero) is 1. The Morgan fingerprint density at radius 3 is 2.28 bits per heavy atom. The van der Waals surface area contributed by atoms with Crippen molar-refractivity contribution in [1.82, 2.24) is 10.2 Å². The predicted molar refractivity (Wildman–Crippen MR) is 168 cm³/mol. The molecule has 4 N–H and O–H groups in total. The minimum Gasteiger partial charge on any atom is -0.387 e. The molecule has 0 spiro atoms. The first-order valence-electron chi connectivity index (χ1n) is 14.8. The van der Waals surface area contributed by atoms with Crippen LogP contribution in [0, 0.1) is 12.3 Å². The Kier molecular flexibility index (Phi) is 12.6. The average molecular weight is 617 g/mol. The molecule has 0 saturated carbocycles. The van der Waals surface area contributed by atoms with E-state index in [0.717, 1.165) is 35.2 Å². The molecule has 2 aromatic rings. The van der Waals surface area contributed by atoms with Crippen LogP contribution in [-0.4, -0.2) is 93.3 Å². The fourth-order valence-electron chi connectivity index (χ4n) is 5.28. The molecule has 43 heavy (non-hydrogen) atoms. The van der Waals surface area contributed by atoms with Crippen molar-refractivity contribution in [2.45, 2.75) is 82.7 Å². The monoisotopic (exact) mass is 616 g/mol. The number of carbonyl (C=O) groups excluding carboxylic acids is 2. The summed E-state index contributed by atoms with van der Waals surface area (Å²) in [7, 11) is 2.35. The largest absolute Gasteiger partial charge is 0.387 e. The Labute approximate surface area is 258 Å². The summed E-state index contributed by atoms with van der Waals surface area (Å²) in [6, 6.07) is 13.9. The molecular formula is C33H48N2O7S. The summed E-state index contributed by atoms with van der Waals surface area (Å²) in [6.45, 7) is 6.93. The normalized spacial score (nSPS) is 23.3. The van der Waals surface area contributed by atoms with Crippen LogP contribution in [0.1, 0.15) is 67.0 Å². The van der Waals surface area contributed by atoms with E-state index in [-0.39, 0.29) is 18.1 Å². The fourth-order valence-corrected chi connectivity index (χ4v) is 6.11. The van der Waals surface area contributed by atoms with E-state index in [9.17, 15) is 29.1 Å². The molecular weight excluding hydrogens is 568 g/mol. The lowest BCUT2D eigenvalue weighted by Crippen LogP contribution is -2.55. The zero-order chi connectivity index (χ0) is 31.9. The van der Waals surface area contributed by atoms with Gasteiger partial charge >= 0.3 is 0 Å². The van der Waals surface area contributed by atoms with E-state index in [4.69, 9.17) is 4.74 Å². The molecule has 10 heteroatoms. The molecule has 0 bridgehead atoms. The topological polar surface area (TPSA) is 136 Å². The van der Waals surface area contributed by atoms with Crippen molar-refractivity contribution in [3.05, 3.63) is 70.3 Å². The number of aliphatic hydroxyl groups excluding tert-OH is 3. The summed E-state index contributed by atoms with van der Waals surface area (Å²) < 4.78 is 17.9. The summed E-state index contributed by atoms with van der Waals surface area (Å²) in [5.74, 6) is -0.00944. The first-order valence-corrected chi connectivity index (χ1v) is 16.5. The van der Waals surface area contributed by atoms with Crippen molar-refractivity contribution in [1.29, 1.82) is 0 Å². The van der Waals surface area contributed by atoms with Crippen LogP contribution in [0.15, 0.2) is 42.5 Å². The molecule has 1 amide bonds. The summed E-state index contributed by atoms with van der Waals surface area (Å²) in [5.41, 5.74) is 3.11. The van der Waals surface area contributed by atoms with Gasteiger partial charge in [-0.15, -0.1) is 0 Å². The third kappa shape index (κ3) is 9.76. The highest BCUT2D eigenvalue weighted by Crippen LogP contribution is 2.34. The number of carbonyl (C=O) groups is 2. The van der Waals surface area contributed by atoms with Gasteiger partial charge < -0.3 is 30.3 Å². The van der Waals surface area contributed by atoms with Gasteiger partial charge in [-0.2, -0.15) is 0 Å². The molecule has 238 valence electrons. The van der Waals surface area contributed by atoms with Gasteiger partial charge in [0.25, 0.3) is 0 Å². The third-order valence-electron chi connectivity index (χ3n) is 8.04. The molecule has 0 radical (unpaired) electrons. The molecule has 0 aliphatic carbocycles. The highest BCUT2D eigenvalue weighted by molar-refractivity contribution is 7.84. The molecule has 1 unspecified atom stereocenters. The van der Waals surface area contributed by atoms with E-state index in [0.29, 0.717) is 31.4 Å². The summed E-state index contributed by atoms with van der Waals surface area (Å²) in [5, 5.41) is 34.0. The van der Waals surface area contributed by atoms with Crippen molar-refractivity contribution in [3.63, 3.8) is 0 Å². The number of aryl methyl sites for hydroxylation is 2. The number of rotatable bonds is 14. The highest BCUT2D eigenvalue weighted by Gasteiger charge is 2.45. The lowest BCUT2D eigenvalue weighted by molar-refractivity contribution is -0.201. The quantitative estimate of drug-likeness (QED) is 0.254. The third-order valence-corrected chi connectivity index (χ3v) is 9.08. The maximum atomic E-state index is 12.6. The Balaban J connectivity index is 1.55. The zero-order valence-corrected chi connectivity index (χ0v) is 27.0. The second kappa shape index (κ2) is 15.5. The molecule has 0 aromatic heterocycles. The Hall–Kier alpha value is -2.47. The lowest BCUT2D eigenvalue weighted by atomic mass is 9.85. The number of benzene rings is 2.